The summed E-state index contributed by atoms with van der Waals surface area (Å²) >= 11 is 0. The van der Waals surface area contributed by atoms with Crippen LogP contribution in [0.2, 0.25) is 0 Å². The Balaban J connectivity index is 1.88. The summed E-state index contributed by atoms with van der Waals surface area (Å²) < 4.78 is 5.78. The lowest BCUT2D eigenvalue weighted by molar-refractivity contribution is 0.0903. The normalized spacial score (nSPS) is 12.5. The first kappa shape index (κ1) is 16.3. The molecule has 3 aromatic rings. The van der Waals surface area contributed by atoms with E-state index in [1.165, 1.54) is 0 Å². The van der Waals surface area contributed by atoms with Crippen molar-refractivity contribution in [3.05, 3.63) is 71.5 Å². The summed E-state index contributed by atoms with van der Waals surface area (Å²) in [5, 5.41) is 4.09. The zero-order valence-electron chi connectivity index (χ0n) is 14.2. The molecule has 1 N–H and O–H groups in total. The lowest BCUT2D eigenvalue weighted by Gasteiger charge is -2.22. The topological polar surface area (TPSA) is 45.5 Å². The van der Waals surface area contributed by atoms with Crippen LogP contribution in [0.5, 0.6) is 0 Å². The maximum atomic E-state index is 12.8. The summed E-state index contributed by atoms with van der Waals surface area (Å²) in [5.41, 5.74) is 2.69. The number of rotatable bonds is 5. The average molecular weight is 322 g/mol. The Hall–Kier alpha value is -2.59. The highest BCUT2D eigenvalue weighted by Crippen LogP contribution is 2.25. The van der Waals surface area contributed by atoms with Crippen LogP contribution in [0.4, 0.5) is 0 Å². The van der Waals surface area contributed by atoms with Crippen molar-refractivity contribution in [2.45, 2.75) is 13.0 Å². The Morgan fingerprint density at radius 1 is 1.08 bits per heavy atom. The zero-order chi connectivity index (χ0) is 17.1. The Kier molecular flexibility index (Phi) is 4.67. The summed E-state index contributed by atoms with van der Waals surface area (Å²) in [4.78, 5) is 14.8. The van der Waals surface area contributed by atoms with E-state index in [4.69, 9.17) is 4.42 Å². The van der Waals surface area contributed by atoms with Gasteiger partial charge < -0.3 is 14.6 Å². The molecule has 4 nitrogen and oxygen atoms in total. The molecule has 0 bridgehead atoms. The molecule has 0 spiro atoms. The van der Waals surface area contributed by atoms with Gasteiger partial charge in [0.05, 0.1) is 6.04 Å². The van der Waals surface area contributed by atoms with E-state index < -0.39 is 0 Å². The highest BCUT2D eigenvalue weighted by molar-refractivity contribution is 5.99. The number of aryl methyl sites for hydroxylation is 1. The number of fused-ring (bicyclic) bond motifs is 1. The molecular formula is C20H22N2O2. The van der Waals surface area contributed by atoms with Crippen LogP contribution in [0.3, 0.4) is 0 Å². The predicted molar refractivity (Wildman–Crippen MR) is 96.2 cm³/mol. The standard InChI is InChI=1S/C20H22N2O2/c1-14-16-11-7-8-12-18(16)24-19(14)20(23)21-17(13-22(2)3)15-9-5-4-6-10-15/h4-12,17H,13H2,1-3H3,(H,21,23)/t17-/m0/s1. The molecule has 0 aliphatic carbocycles. The third-order valence-corrected chi connectivity index (χ3v) is 4.10. The minimum absolute atomic E-state index is 0.0960. The molecule has 0 radical (unpaired) electrons. The monoisotopic (exact) mass is 322 g/mol. The quantitative estimate of drug-likeness (QED) is 0.777. The largest absolute Gasteiger partial charge is 0.451 e. The molecule has 4 heteroatoms. The second-order valence-electron chi connectivity index (χ2n) is 6.25. The molecule has 0 unspecified atom stereocenters. The van der Waals surface area contributed by atoms with E-state index in [1.807, 2.05) is 75.6 Å². The minimum atomic E-state index is -0.181. The van der Waals surface area contributed by atoms with Gasteiger partial charge in [-0.1, -0.05) is 48.5 Å². The molecule has 1 amide bonds. The molecule has 0 saturated carbocycles. The number of benzene rings is 2. The summed E-state index contributed by atoms with van der Waals surface area (Å²) in [6, 6.07) is 17.6. The first-order valence-corrected chi connectivity index (χ1v) is 8.05. The van der Waals surface area contributed by atoms with Crippen molar-refractivity contribution in [1.29, 1.82) is 0 Å². The number of hydrogen-bond acceptors (Lipinski definition) is 3. The predicted octanol–water partition coefficient (Wildman–Crippen LogP) is 3.77. The number of nitrogens with zero attached hydrogens (tertiary/aromatic N) is 1. The van der Waals surface area contributed by atoms with Crippen molar-refractivity contribution >= 4 is 16.9 Å². The molecule has 124 valence electrons. The van der Waals surface area contributed by atoms with Gasteiger partial charge in [0, 0.05) is 17.5 Å². The molecule has 2 aromatic carbocycles. The zero-order valence-corrected chi connectivity index (χ0v) is 14.2. The number of amides is 1. The molecule has 1 aromatic heterocycles. The van der Waals surface area contributed by atoms with Gasteiger partial charge in [-0.05, 0) is 32.6 Å². The van der Waals surface area contributed by atoms with Crippen molar-refractivity contribution in [3.8, 4) is 0 Å². The second-order valence-corrected chi connectivity index (χ2v) is 6.25. The second kappa shape index (κ2) is 6.89. The maximum absolute atomic E-state index is 12.8. The fourth-order valence-electron chi connectivity index (χ4n) is 2.90. The molecule has 1 atom stereocenters. The van der Waals surface area contributed by atoms with Gasteiger partial charge in [0.1, 0.15) is 5.58 Å². The lowest BCUT2D eigenvalue weighted by Crippen LogP contribution is -2.35. The number of carbonyl (C=O) groups is 1. The van der Waals surface area contributed by atoms with Crippen LogP contribution in [-0.2, 0) is 0 Å². The fourth-order valence-corrected chi connectivity index (χ4v) is 2.90. The summed E-state index contributed by atoms with van der Waals surface area (Å²) in [7, 11) is 3.99. The Bertz CT molecular complexity index is 837. The van der Waals surface area contributed by atoms with Crippen LogP contribution < -0.4 is 5.32 Å². The van der Waals surface area contributed by atoms with Gasteiger partial charge in [-0.15, -0.1) is 0 Å². The van der Waals surface area contributed by atoms with Gasteiger partial charge in [0.2, 0.25) is 0 Å². The number of likely N-dealkylation sites (N-methyl/N-ethyl adjacent to an activating group) is 1. The smallest absolute Gasteiger partial charge is 0.287 e. The van der Waals surface area contributed by atoms with E-state index in [0.29, 0.717) is 5.76 Å². The SMILES string of the molecule is Cc1c(C(=O)N[C@@H](CN(C)C)c2ccccc2)oc2ccccc12. The maximum Gasteiger partial charge on any atom is 0.287 e. The third-order valence-electron chi connectivity index (χ3n) is 4.10. The van der Waals surface area contributed by atoms with Gasteiger partial charge in [0.15, 0.2) is 5.76 Å². The minimum Gasteiger partial charge on any atom is -0.451 e. The van der Waals surface area contributed by atoms with E-state index in [9.17, 15) is 4.79 Å². The van der Waals surface area contributed by atoms with Crippen molar-refractivity contribution in [3.63, 3.8) is 0 Å². The number of carbonyl (C=O) groups excluding carboxylic acids is 1. The van der Waals surface area contributed by atoms with E-state index in [0.717, 1.165) is 28.6 Å². The molecule has 0 aliphatic heterocycles. The fraction of sp³-hybridized carbons (Fsp3) is 0.250. The third kappa shape index (κ3) is 3.34. The van der Waals surface area contributed by atoms with E-state index in [2.05, 4.69) is 10.2 Å². The van der Waals surface area contributed by atoms with Gasteiger partial charge in [-0.2, -0.15) is 0 Å². The van der Waals surface area contributed by atoms with Gasteiger partial charge in [0.25, 0.3) is 5.91 Å². The molecule has 0 fully saturated rings. The summed E-state index contributed by atoms with van der Waals surface area (Å²) in [6.45, 7) is 2.64. The van der Waals surface area contributed by atoms with Crippen molar-refractivity contribution < 1.29 is 9.21 Å². The van der Waals surface area contributed by atoms with E-state index in [1.54, 1.807) is 0 Å². The highest BCUT2D eigenvalue weighted by Gasteiger charge is 2.21. The number of hydrogen-bond donors (Lipinski definition) is 1. The van der Waals surface area contributed by atoms with Crippen LogP contribution in [0.25, 0.3) is 11.0 Å². The summed E-state index contributed by atoms with van der Waals surface area (Å²) in [5.74, 6) is 0.204. The van der Waals surface area contributed by atoms with Crippen molar-refractivity contribution in [2.75, 3.05) is 20.6 Å². The molecule has 0 aliphatic rings. The van der Waals surface area contributed by atoms with Crippen LogP contribution in [-0.4, -0.2) is 31.4 Å². The average Bonchev–Trinajstić information content (AvgIpc) is 2.92. The molecule has 0 saturated heterocycles. The summed E-state index contributed by atoms with van der Waals surface area (Å²) in [6.07, 6.45) is 0. The molecular weight excluding hydrogens is 300 g/mol. The molecule has 24 heavy (non-hydrogen) atoms. The van der Waals surface area contributed by atoms with E-state index in [-0.39, 0.29) is 11.9 Å². The lowest BCUT2D eigenvalue weighted by atomic mass is 10.1. The first-order chi connectivity index (χ1) is 11.6. The van der Waals surface area contributed by atoms with Crippen LogP contribution >= 0.6 is 0 Å². The van der Waals surface area contributed by atoms with Gasteiger partial charge >= 0.3 is 0 Å². The number of nitrogens with one attached hydrogen (secondary N) is 1. The highest BCUT2D eigenvalue weighted by atomic mass is 16.3. The van der Waals surface area contributed by atoms with Crippen molar-refractivity contribution in [1.82, 2.24) is 10.2 Å². The first-order valence-electron chi connectivity index (χ1n) is 8.05. The number of furan rings is 1. The molecule has 3 rings (SSSR count). The van der Waals surface area contributed by atoms with E-state index >= 15 is 0 Å². The van der Waals surface area contributed by atoms with Crippen LogP contribution in [0.1, 0.15) is 27.7 Å². The van der Waals surface area contributed by atoms with Crippen LogP contribution in [0, 0.1) is 6.92 Å². The van der Waals surface area contributed by atoms with Gasteiger partial charge in [-0.25, -0.2) is 0 Å². The Morgan fingerprint density at radius 2 is 1.75 bits per heavy atom. The molecule has 1 heterocycles. The van der Waals surface area contributed by atoms with Crippen molar-refractivity contribution in [2.24, 2.45) is 0 Å². The van der Waals surface area contributed by atoms with Gasteiger partial charge in [-0.3, -0.25) is 4.79 Å². The number of para-hydroxylation sites is 1. The Morgan fingerprint density at radius 3 is 2.42 bits per heavy atom. The van der Waals surface area contributed by atoms with Crippen LogP contribution in [0.15, 0.2) is 59.0 Å². The Labute approximate surface area is 142 Å².